The summed E-state index contributed by atoms with van der Waals surface area (Å²) in [5.74, 6) is 0. The fourth-order valence-electron chi connectivity index (χ4n) is 0.165. The molecular weight excluding hydrogens is 150 g/mol. The predicted octanol–water partition coefficient (Wildman–Crippen LogP) is 0.765. The van der Waals surface area contributed by atoms with E-state index in [1.54, 1.807) is 0 Å². The van der Waals surface area contributed by atoms with E-state index in [2.05, 4.69) is 6.58 Å². The molecule has 0 radical (unpaired) electrons. The Bertz CT molecular complexity index is 107. The van der Waals surface area contributed by atoms with Crippen LogP contribution in [-0.4, -0.2) is 19.1 Å². The molecular formula is C3H6ClNO2S. The molecule has 48 valence electrons. The van der Waals surface area contributed by atoms with Gasteiger partial charge in [0.15, 0.2) is 0 Å². The van der Waals surface area contributed by atoms with Crippen LogP contribution in [0.25, 0.3) is 0 Å². The molecule has 3 nitrogen and oxygen atoms in total. The van der Waals surface area contributed by atoms with Crippen LogP contribution in [0.2, 0.25) is 0 Å². The lowest BCUT2D eigenvalue weighted by Gasteiger charge is -2.01. The van der Waals surface area contributed by atoms with Crippen molar-refractivity contribution in [2.45, 2.75) is 0 Å². The van der Waals surface area contributed by atoms with Gasteiger partial charge in [0.05, 0.1) is 0 Å². The van der Waals surface area contributed by atoms with Crippen molar-refractivity contribution in [3.8, 4) is 0 Å². The predicted molar refractivity (Wildman–Crippen MR) is 33.5 cm³/mol. The molecule has 0 saturated carbocycles. The normalized spacial score (nSPS) is 13.9. The summed E-state index contributed by atoms with van der Waals surface area (Å²) in [4.78, 5) is 0. The van der Waals surface area contributed by atoms with Crippen molar-refractivity contribution < 1.29 is 8.76 Å². The van der Waals surface area contributed by atoms with Gasteiger partial charge in [-0.25, -0.2) is 4.21 Å². The number of nitrogens with zero attached hydrogens (tertiary/aromatic N) is 1. The molecule has 0 saturated heterocycles. The van der Waals surface area contributed by atoms with Gasteiger partial charge in [-0.3, -0.25) is 4.55 Å². The van der Waals surface area contributed by atoms with Crippen LogP contribution in [0.3, 0.4) is 0 Å². The Kier molecular flexibility index (Phi) is 4.08. The molecule has 5 heteroatoms. The summed E-state index contributed by atoms with van der Waals surface area (Å²) >= 11 is 3.05. The highest BCUT2D eigenvalue weighted by Crippen LogP contribution is 1.94. The molecule has 0 aromatic rings. The van der Waals surface area contributed by atoms with Crippen LogP contribution < -0.4 is 0 Å². The third-order valence-electron chi connectivity index (χ3n) is 0.442. The molecule has 0 aliphatic heterocycles. The van der Waals surface area contributed by atoms with Gasteiger partial charge >= 0.3 is 0 Å². The van der Waals surface area contributed by atoms with Crippen LogP contribution in [-0.2, 0) is 11.3 Å². The Morgan fingerprint density at radius 2 is 2.50 bits per heavy atom. The molecule has 0 aliphatic carbocycles. The van der Waals surface area contributed by atoms with E-state index >= 15 is 0 Å². The number of halogens is 1. The fourth-order valence-corrected chi connectivity index (χ4v) is 0.496. The molecule has 0 aromatic carbocycles. The lowest BCUT2D eigenvalue weighted by atomic mass is 10.7. The van der Waals surface area contributed by atoms with Crippen molar-refractivity contribution in [3.05, 3.63) is 12.7 Å². The van der Waals surface area contributed by atoms with E-state index in [-0.39, 0.29) is 6.54 Å². The van der Waals surface area contributed by atoms with Gasteiger partial charge in [-0.1, -0.05) is 6.08 Å². The third kappa shape index (κ3) is 3.15. The van der Waals surface area contributed by atoms with Gasteiger partial charge < -0.3 is 0 Å². The average Bonchev–Trinajstić information content (AvgIpc) is 1.67. The molecule has 8 heavy (non-hydrogen) atoms. The van der Waals surface area contributed by atoms with Crippen molar-refractivity contribution in [2.24, 2.45) is 0 Å². The van der Waals surface area contributed by atoms with Gasteiger partial charge in [0, 0.05) is 6.54 Å². The van der Waals surface area contributed by atoms with Crippen molar-refractivity contribution in [2.75, 3.05) is 6.54 Å². The Balaban J connectivity index is 3.46. The Morgan fingerprint density at radius 3 is 2.62 bits per heavy atom. The standard InChI is InChI=1S/C3H6ClNO2S/c1-2-3-5(4)8(6)7/h2H,1,3H2,(H,6,7). The molecule has 1 N–H and O–H groups in total. The van der Waals surface area contributed by atoms with Gasteiger partial charge in [-0.15, -0.1) is 10.4 Å². The summed E-state index contributed by atoms with van der Waals surface area (Å²) in [6, 6.07) is 0. The van der Waals surface area contributed by atoms with Crippen LogP contribution in [0, 0.1) is 0 Å². The van der Waals surface area contributed by atoms with E-state index in [0.717, 1.165) is 3.82 Å². The highest BCUT2D eigenvalue weighted by molar-refractivity contribution is 7.77. The zero-order chi connectivity index (χ0) is 6.57. The van der Waals surface area contributed by atoms with E-state index < -0.39 is 11.3 Å². The highest BCUT2D eigenvalue weighted by Gasteiger charge is 2.01. The zero-order valence-corrected chi connectivity index (χ0v) is 5.65. The summed E-state index contributed by atoms with van der Waals surface area (Å²) in [5.41, 5.74) is 0. The quantitative estimate of drug-likeness (QED) is 0.372. The maximum atomic E-state index is 9.95. The first kappa shape index (κ1) is 8.10. The first-order chi connectivity index (χ1) is 3.68. The molecule has 0 spiro atoms. The third-order valence-corrected chi connectivity index (χ3v) is 1.42. The average molecular weight is 156 g/mol. The summed E-state index contributed by atoms with van der Waals surface area (Å²) in [7, 11) is 0. The first-order valence-electron chi connectivity index (χ1n) is 1.83. The van der Waals surface area contributed by atoms with Crippen molar-refractivity contribution >= 4 is 23.0 Å². The van der Waals surface area contributed by atoms with Crippen molar-refractivity contribution in [1.29, 1.82) is 0 Å². The largest absolute Gasteiger partial charge is 0.293 e. The van der Waals surface area contributed by atoms with Gasteiger partial charge in [-0.05, 0) is 11.8 Å². The van der Waals surface area contributed by atoms with Gasteiger partial charge in [0.1, 0.15) is 0 Å². The van der Waals surface area contributed by atoms with E-state index in [9.17, 15) is 4.21 Å². The molecule has 0 fully saturated rings. The lowest BCUT2D eigenvalue weighted by molar-refractivity contribution is 0.519. The van der Waals surface area contributed by atoms with Gasteiger partial charge in [0.2, 0.25) is 11.3 Å². The molecule has 0 aromatic heterocycles. The van der Waals surface area contributed by atoms with E-state index in [1.807, 2.05) is 0 Å². The second-order valence-corrected chi connectivity index (χ2v) is 2.53. The Labute approximate surface area is 55.5 Å². The smallest absolute Gasteiger partial charge is 0.249 e. The fraction of sp³-hybridized carbons (Fsp3) is 0.333. The number of hydrogen-bond acceptors (Lipinski definition) is 1. The second-order valence-electron chi connectivity index (χ2n) is 1.02. The molecule has 0 rings (SSSR count). The number of rotatable bonds is 3. The van der Waals surface area contributed by atoms with Gasteiger partial charge in [0.25, 0.3) is 0 Å². The molecule has 0 heterocycles. The topological polar surface area (TPSA) is 40.5 Å². The minimum absolute atomic E-state index is 0.199. The molecule has 0 aliphatic rings. The highest BCUT2D eigenvalue weighted by atomic mass is 35.5. The monoisotopic (exact) mass is 155 g/mol. The minimum atomic E-state index is -2.08. The molecule has 1 unspecified atom stereocenters. The maximum Gasteiger partial charge on any atom is 0.249 e. The lowest BCUT2D eigenvalue weighted by Crippen LogP contribution is -2.13. The molecule has 0 bridgehead atoms. The summed E-state index contributed by atoms with van der Waals surface area (Å²) in [6.45, 7) is 3.51. The van der Waals surface area contributed by atoms with E-state index in [4.69, 9.17) is 16.3 Å². The summed E-state index contributed by atoms with van der Waals surface area (Å²) < 4.78 is 18.8. The van der Waals surface area contributed by atoms with Crippen molar-refractivity contribution in [3.63, 3.8) is 0 Å². The maximum absolute atomic E-state index is 9.95. The Hall–Kier alpha value is 0.1000. The molecule has 0 amide bonds. The van der Waals surface area contributed by atoms with Crippen LogP contribution in [0.15, 0.2) is 12.7 Å². The van der Waals surface area contributed by atoms with Crippen LogP contribution in [0.4, 0.5) is 0 Å². The zero-order valence-electron chi connectivity index (χ0n) is 4.08. The van der Waals surface area contributed by atoms with Crippen LogP contribution in [0.1, 0.15) is 0 Å². The summed E-state index contributed by atoms with van der Waals surface area (Å²) in [6.07, 6.45) is 1.43. The Morgan fingerprint density at radius 1 is 2.00 bits per heavy atom. The second kappa shape index (κ2) is 4.03. The summed E-state index contributed by atoms with van der Waals surface area (Å²) in [5, 5.41) is 0. The van der Waals surface area contributed by atoms with Crippen molar-refractivity contribution in [1.82, 2.24) is 3.82 Å². The minimum Gasteiger partial charge on any atom is -0.293 e. The van der Waals surface area contributed by atoms with Crippen LogP contribution in [0.5, 0.6) is 0 Å². The van der Waals surface area contributed by atoms with E-state index in [1.165, 1.54) is 6.08 Å². The van der Waals surface area contributed by atoms with E-state index in [0.29, 0.717) is 0 Å². The van der Waals surface area contributed by atoms with Crippen LogP contribution >= 0.6 is 11.8 Å². The number of hydrogen-bond donors (Lipinski definition) is 1. The SMILES string of the molecule is C=CCN(Cl)S(=O)O. The van der Waals surface area contributed by atoms with Gasteiger partial charge in [-0.2, -0.15) is 0 Å². The first-order valence-corrected chi connectivity index (χ1v) is 3.24. The molecule has 1 atom stereocenters.